The van der Waals surface area contributed by atoms with Gasteiger partial charge in [-0.25, -0.2) is 9.78 Å². The molecule has 0 aliphatic rings. The molecule has 1 unspecified atom stereocenters. The molecule has 3 rings (SSSR count). The number of benzene rings is 1. The number of carbonyl (C=O) groups is 1. The number of H-pyrrole nitrogens is 1. The summed E-state index contributed by atoms with van der Waals surface area (Å²) in [6.07, 6.45) is 0.883. The van der Waals surface area contributed by atoms with Crippen molar-refractivity contribution < 1.29 is 9.53 Å². The number of nitrogens with one attached hydrogen (secondary N) is 3. The quantitative estimate of drug-likeness (QED) is 0.173. The van der Waals surface area contributed by atoms with Crippen molar-refractivity contribution in [2.45, 2.75) is 40.2 Å². The van der Waals surface area contributed by atoms with E-state index in [1.807, 2.05) is 19.9 Å². The van der Waals surface area contributed by atoms with Crippen molar-refractivity contribution >= 4 is 58.1 Å². The fraction of sp³-hybridized carbons (Fsp3) is 0.409. The average molecular weight is 555 g/mol. The summed E-state index contributed by atoms with van der Waals surface area (Å²) >= 11 is 1.36. The van der Waals surface area contributed by atoms with Crippen molar-refractivity contribution in [2.24, 2.45) is 4.99 Å². The Morgan fingerprint density at radius 1 is 1.32 bits per heavy atom. The van der Waals surface area contributed by atoms with Crippen LogP contribution >= 0.6 is 35.3 Å². The smallest absolute Gasteiger partial charge is 0.350 e. The highest BCUT2D eigenvalue weighted by atomic mass is 127. The van der Waals surface area contributed by atoms with E-state index in [9.17, 15) is 4.79 Å². The fourth-order valence-electron chi connectivity index (χ4n) is 3.41. The number of rotatable bonds is 7. The van der Waals surface area contributed by atoms with Crippen molar-refractivity contribution in [3.63, 3.8) is 0 Å². The Bertz CT molecular complexity index is 1060. The molecule has 2 aromatic heterocycles. The van der Waals surface area contributed by atoms with Crippen LogP contribution in [-0.4, -0.2) is 42.1 Å². The topological polar surface area (TPSA) is 91.4 Å². The van der Waals surface area contributed by atoms with E-state index in [2.05, 4.69) is 50.7 Å². The summed E-state index contributed by atoms with van der Waals surface area (Å²) < 4.78 is 5.11. The summed E-state index contributed by atoms with van der Waals surface area (Å²) in [5.41, 5.74) is 4.37. The summed E-state index contributed by atoms with van der Waals surface area (Å²) in [5, 5.41) is 8.82. The maximum atomic E-state index is 12.0. The maximum Gasteiger partial charge on any atom is 0.350 e. The van der Waals surface area contributed by atoms with Gasteiger partial charge in [-0.2, -0.15) is 0 Å². The molecule has 0 aliphatic carbocycles. The molecule has 0 amide bonds. The highest BCUT2D eigenvalue weighted by Gasteiger charge is 2.20. The molecule has 7 nitrogen and oxygen atoms in total. The minimum absolute atomic E-state index is 0. The summed E-state index contributed by atoms with van der Waals surface area (Å²) in [6.45, 7) is 8.84. The number of ether oxygens (including phenoxy) is 1. The zero-order chi connectivity index (χ0) is 21.7. The van der Waals surface area contributed by atoms with Gasteiger partial charge in [0, 0.05) is 30.2 Å². The summed E-state index contributed by atoms with van der Waals surface area (Å²) in [5.74, 6) is 0.382. The Labute approximate surface area is 204 Å². The number of carbonyl (C=O) groups excluding carboxylic acids is 1. The monoisotopic (exact) mass is 555 g/mol. The predicted octanol–water partition coefficient (Wildman–Crippen LogP) is 4.50. The number of guanidine groups is 1. The van der Waals surface area contributed by atoms with Crippen molar-refractivity contribution in [3.8, 4) is 0 Å². The number of esters is 1. The van der Waals surface area contributed by atoms with E-state index in [1.54, 1.807) is 14.0 Å². The van der Waals surface area contributed by atoms with Crippen LogP contribution in [0.1, 0.15) is 51.5 Å². The van der Waals surface area contributed by atoms with Crippen molar-refractivity contribution in [1.29, 1.82) is 0 Å². The van der Waals surface area contributed by atoms with E-state index in [1.165, 1.54) is 28.0 Å². The standard InChI is InChI=1S/C22H29N5O2S.HI/c1-6-29-21(28)19-14(3)26-20(30-19)15(4)27-22(23-5)24-12-11-16-13(2)25-18-10-8-7-9-17(16)18;/h7-10,15,25H,6,11-12H2,1-5H3,(H2,23,24,27);1H. The number of hydrogen-bond acceptors (Lipinski definition) is 5. The molecule has 2 heterocycles. The van der Waals surface area contributed by atoms with E-state index in [4.69, 9.17) is 4.74 Å². The summed E-state index contributed by atoms with van der Waals surface area (Å²) in [6, 6.07) is 8.27. The van der Waals surface area contributed by atoms with Crippen LogP contribution < -0.4 is 10.6 Å². The van der Waals surface area contributed by atoms with Gasteiger partial charge in [-0.15, -0.1) is 35.3 Å². The molecule has 0 spiro atoms. The predicted molar refractivity (Wildman–Crippen MR) is 138 cm³/mol. The lowest BCUT2D eigenvalue weighted by molar-refractivity contribution is 0.0531. The number of nitrogens with zero attached hydrogens (tertiary/aromatic N) is 2. The van der Waals surface area contributed by atoms with Gasteiger partial charge in [-0.1, -0.05) is 18.2 Å². The lowest BCUT2D eigenvalue weighted by atomic mass is 10.1. The number of thiazole rings is 1. The molecule has 0 bridgehead atoms. The van der Waals surface area contributed by atoms with Crippen molar-refractivity contribution in [1.82, 2.24) is 20.6 Å². The molecule has 9 heteroatoms. The van der Waals surface area contributed by atoms with Gasteiger partial charge in [0.15, 0.2) is 5.96 Å². The van der Waals surface area contributed by atoms with Crippen molar-refractivity contribution in [3.05, 3.63) is 51.1 Å². The Morgan fingerprint density at radius 2 is 2.06 bits per heavy atom. The zero-order valence-electron chi connectivity index (χ0n) is 18.5. The number of para-hydroxylation sites is 1. The molecule has 0 fully saturated rings. The van der Waals surface area contributed by atoms with E-state index in [-0.39, 0.29) is 36.0 Å². The summed E-state index contributed by atoms with van der Waals surface area (Å²) in [7, 11) is 1.75. The molecule has 0 saturated heterocycles. The number of hydrogen-bond donors (Lipinski definition) is 3. The normalized spacial score (nSPS) is 12.4. The Balaban J connectivity index is 0.00000341. The van der Waals surface area contributed by atoms with Crippen LogP contribution in [0.15, 0.2) is 29.3 Å². The zero-order valence-corrected chi connectivity index (χ0v) is 21.7. The molecule has 0 radical (unpaired) electrons. The first-order valence-electron chi connectivity index (χ1n) is 10.1. The minimum atomic E-state index is -0.317. The van der Waals surface area contributed by atoms with Gasteiger partial charge in [-0.05, 0) is 45.7 Å². The van der Waals surface area contributed by atoms with E-state index < -0.39 is 0 Å². The Kier molecular flexibility index (Phi) is 9.30. The van der Waals surface area contributed by atoms with Crippen molar-refractivity contribution in [2.75, 3.05) is 20.2 Å². The third-order valence-corrected chi connectivity index (χ3v) is 6.24. The first-order chi connectivity index (χ1) is 14.4. The molecular formula is C22H30IN5O2S. The van der Waals surface area contributed by atoms with Gasteiger partial charge in [0.1, 0.15) is 9.88 Å². The molecule has 1 aromatic carbocycles. The lowest BCUT2D eigenvalue weighted by Crippen LogP contribution is -2.39. The Morgan fingerprint density at radius 3 is 2.77 bits per heavy atom. The van der Waals surface area contributed by atoms with Crippen LogP contribution in [0, 0.1) is 13.8 Å². The second-order valence-corrected chi connectivity index (χ2v) is 8.11. The van der Waals surface area contributed by atoms with Gasteiger partial charge in [0.05, 0.1) is 18.3 Å². The second kappa shape index (κ2) is 11.5. The van der Waals surface area contributed by atoms with E-state index >= 15 is 0 Å². The Hall–Kier alpha value is -2.14. The number of fused-ring (bicyclic) bond motifs is 1. The first-order valence-corrected chi connectivity index (χ1v) is 10.9. The second-order valence-electron chi connectivity index (χ2n) is 7.08. The number of aromatic amines is 1. The number of aromatic nitrogens is 2. The summed E-state index contributed by atoms with van der Waals surface area (Å²) in [4.78, 5) is 24.9. The first kappa shape index (κ1) is 25.1. The van der Waals surface area contributed by atoms with Crippen LogP contribution in [0.4, 0.5) is 0 Å². The van der Waals surface area contributed by atoms with E-state index in [0.29, 0.717) is 23.1 Å². The molecular weight excluding hydrogens is 525 g/mol. The van der Waals surface area contributed by atoms with Crippen LogP contribution in [0.2, 0.25) is 0 Å². The van der Waals surface area contributed by atoms with Gasteiger partial charge in [-0.3, -0.25) is 4.99 Å². The van der Waals surface area contributed by atoms with Gasteiger partial charge in [0.25, 0.3) is 0 Å². The number of aliphatic imine (C=N–C) groups is 1. The molecule has 3 aromatic rings. The average Bonchev–Trinajstić information content (AvgIpc) is 3.27. The highest BCUT2D eigenvalue weighted by molar-refractivity contribution is 14.0. The molecule has 0 aliphatic heterocycles. The third-order valence-electron chi connectivity index (χ3n) is 4.92. The molecule has 0 saturated carbocycles. The van der Waals surface area contributed by atoms with E-state index in [0.717, 1.165) is 23.5 Å². The largest absolute Gasteiger partial charge is 0.462 e. The third kappa shape index (κ3) is 5.97. The van der Waals surface area contributed by atoms with Crippen LogP contribution in [-0.2, 0) is 11.2 Å². The number of aryl methyl sites for hydroxylation is 2. The fourth-order valence-corrected chi connectivity index (χ4v) is 4.38. The molecule has 31 heavy (non-hydrogen) atoms. The van der Waals surface area contributed by atoms with Gasteiger partial charge in [0.2, 0.25) is 0 Å². The highest BCUT2D eigenvalue weighted by Crippen LogP contribution is 2.24. The SMILES string of the molecule is CCOC(=O)c1sc(C(C)NC(=NC)NCCc2c(C)[nH]c3ccccc23)nc1C.I. The molecule has 3 N–H and O–H groups in total. The lowest BCUT2D eigenvalue weighted by Gasteiger charge is -2.16. The number of halogens is 1. The van der Waals surface area contributed by atoms with Crippen LogP contribution in [0.25, 0.3) is 10.9 Å². The van der Waals surface area contributed by atoms with Crippen LogP contribution in [0.3, 0.4) is 0 Å². The van der Waals surface area contributed by atoms with Crippen LogP contribution in [0.5, 0.6) is 0 Å². The molecule has 1 atom stereocenters. The van der Waals surface area contributed by atoms with Gasteiger partial charge >= 0.3 is 5.97 Å². The maximum absolute atomic E-state index is 12.0. The minimum Gasteiger partial charge on any atom is -0.462 e. The molecule has 168 valence electrons. The van der Waals surface area contributed by atoms with Gasteiger partial charge < -0.3 is 20.4 Å².